The van der Waals surface area contributed by atoms with Crippen molar-refractivity contribution in [1.29, 1.82) is 10.5 Å². The summed E-state index contributed by atoms with van der Waals surface area (Å²) in [6.07, 6.45) is 1.93. The fourth-order valence-electron chi connectivity index (χ4n) is 7.62. The van der Waals surface area contributed by atoms with Crippen LogP contribution >= 0.6 is 78.9 Å². The summed E-state index contributed by atoms with van der Waals surface area (Å²) in [6, 6.07) is 62.0. The minimum Gasteiger partial charge on any atom is -0.398 e. The molecule has 0 saturated heterocycles. The highest BCUT2D eigenvalue weighted by Gasteiger charge is 2.14. The summed E-state index contributed by atoms with van der Waals surface area (Å²) in [5.74, 6) is -8.51. The molecule has 2 heterocycles. The van der Waals surface area contributed by atoms with Crippen LogP contribution in [0.15, 0.2) is 218 Å². The Kier molecular flexibility index (Phi) is 33.3. The molecule has 0 bridgehead atoms. The normalized spacial score (nSPS) is 10.5. The Bertz CT molecular complexity index is 3740. The van der Waals surface area contributed by atoms with E-state index in [1.807, 2.05) is 109 Å². The minimum absolute atomic E-state index is 0.0551. The van der Waals surface area contributed by atoms with Crippen molar-refractivity contribution in [3.05, 3.63) is 243 Å². The van der Waals surface area contributed by atoms with Crippen LogP contribution in [0.4, 0.5) is 40.8 Å². The summed E-state index contributed by atoms with van der Waals surface area (Å²) < 4.78 is 98.2. The van der Waals surface area contributed by atoms with E-state index in [0.717, 1.165) is 49.0 Å². The molecule has 2 aromatic heterocycles. The van der Waals surface area contributed by atoms with E-state index in [1.165, 1.54) is 4.80 Å². The number of hydrogen-bond acceptors (Lipinski definition) is 15. The monoisotopic (exact) mass is 1440 g/mol. The molecule has 5 N–H and O–H groups in total. The van der Waals surface area contributed by atoms with Crippen molar-refractivity contribution in [1.82, 2.24) is 40.8 Å². The van der Waals surface area contributed by atoms with Gasteiger partial charge in [0.05, 0.1) is 37.0 Å². The Labute approximate surface area is 548 Å². The molecule has 0 unspecified atom stereocenters. The van der Waals surface area contributed by atoms with E-state index < -0.39 is 23.0 Å². The van der Waals surface area contributed by atoms with Crippen LogP contribution in [0.1, 0.15) is 44.5 Å². The molecule has 10 aromatic rings. The lowest BCUT2D eigenvalue weighted by molar-refractivity contribution is 0.251. The third-order valence-electron chi connectivity index (χ3n) is 11.6. The Morgan fingerprint density at radius 1 is 0.489 bits per heavy atom. The van der Waals surface area contributed by atoms with E-state index in [2.05, 4.69) is 74.0 Å². The van der Waals surface area contributed by atoms with Gasteiger partial charge in [0.15, 0.2) is 0 Å². The van der Waals surface area contributed by atoms with Crippen LogP contribution < -0.4 is 5.73 Å². The number of nitriles is 2. The molecular formula is C63H55Br2F8N11O2S4. The zero-order valence-electron chi connectivity index (χ0n) is 47.1. The number of anilines is 1. The summed E-state index contributed by atoms with van der Waals surface area (Å²) >= 11 is 8.39. The number of nitrogens with zero attached hydrogens (tertiary/aromatic N) is 9. The molecule has 90 heavy (non-hydrogen) atoms. The highest BCUT2D eigenvalue weighted by atomic mass is 79.9. The van der Waals surface area contributed by atoms with E-state index in [4.69, 9.17) is 26.5 Å². The summed E-state index contributed by atoms with van der Waals surface area (Å²) in [6.45, 7) is 0.471. The number of aliphatic hydroxyl groups is 2. The van der Waals surface area contributed by atoms with Crippen LogP contribution in [0.2, 0.25) is 0 Å². The van der Waals surface area contributed by atoms with E-state index in [1.54, 1.807) is 91.0 Å². The molecule has 0 amide bonds. The molecule has 10 rings (SSSR count). The van der Waals surface area contributed by atoms with Crippen molar-refractivity contribution in [2.24, 2.45) is 0 Å². The molecule has 0 aliphatic heterocycles. The van der Waals surface area contributed by atoms with Gasteiger partial charge in [-0.05, 0) is 142 Å². The number of H-pyrrole nitrogens is 1. The van der Waals surface area contributed by atoms with Crippen LogP contribution in [0.5, 0.6) is 0 Å². The average molecular weight is 1440 g/mol. The maximum absolute atomic E-state index is 12.4. The molecule has 0 radical (unpaired) electrons. The van der Waals surface area contributed by atoms with Gasteiger partial charge in [0.1, 0.15) is 6.07 Å². The smallest absolute Gasteiger partial charge is 0.288 e. The fourth-order valence-corrected chi connectivity index (χ4v) is 9.88. The van der Waals surface area contributed by atoms with Gasteiger partial charge in [-0.2, -0.15) is 55.7 Å². The molecule has 0 atom stereocenters. The van der Waals surface area contributed by atoms with E-state index in [-0.39, 0.29) is 13.2 Å². The molecular weight excluding hydrogens is 1380 g/mol. The van der Waals surface area contributed by atoms with Crippen LogP contribution in [0.25, 0.3) is 22.8 Å². The number of nitrogens with two attached hydrogens (primary N) is 1. The van der Waals surface area contributed by atoms with Crippen LogP contribution in [0, 0.1) is 22.7 Å². The standard InChI is InChI=1S/C17H16F2N4OS.C15H12F2N4S.C15H11F2NS.C7H5BrF2S.C7H6N2.C2H5BrO/c18-17(19)25-14-7-5-12(6-8-14)11-13-3-1-2-4-15(13)16-20-22-23(21-16)9-10-24;16-15(17)22-12-7-5-10(6-8-12)9-11-3-1-2-4-13(11)14-18-20-21-19-14;16-15(17)19-14-7-5-11(6-8-14)9-12-3-1-2-4-13(12)10-18;8-5-1-3-6(4-2-5)11-7(9)10;8-5-6-3-1-2-4-7(6)9;3-1-2-4/h1-8,17,24H,9-11H2;1-8,15H,9H2,(H,18,19,20,21);1-8,15H,9H2;1-4,7H;1-4H,9H2;4H,1-2H2. The van der Waals surface area contributed by atoms with Crippen molar-refractivity contribution >= 4 is 84.6 Å². The van der Waals surface area contributed by atoms with E-state index in [0.29, 0.717) is 126 Å². The molecule has 0 aliphatic carbocycles. The van der Waals surface area contributed by atoms with Gasteiger partial charge in [-0.15, -0.1) is 20.4 Å². The lowest BCUT2D eigenvalue weighted by Crippen LogP contribution is -2.05. The highest BCUT2D eigenvalue weighted by molar-refractivity contribution is 9.10. The van der Waals surface area contributed by atoms with E-state index >= 15 is 0 Å². The zero-order chi connectivity index (χ0) is 65.0. The predicted octanol–water partition coefficient (Wildman–Crippen LogP) is 16.8. The van der Waals surface area contributed by atoms with Gasteiger partial charge in [-0.3, -0.25) is 0 Å². The Balaban J connectivity index is 0.000000209. The van der Waals surface area contributed by atoms with Crippen molar-refractivity contribution in [2.75, 3.05) is 24.3 Å². The molecule has 0 aliphatic rings. The Morgan fingerprint density at radius 3 is 1.24 bits per heavy atom. The third-order valence-corrected chi connectivity index (χ3v) is 15.4. The quantitative estimate of drug-likeness (QED) is 0.0257. The first-order valence-corrected chi connectivity index (χ1v) is 31.9. The van der Waals surface area contributed by atoms with Crippen LogP contribution in [-0.2, 0) is 25.8 Å². The second-order valence-electron chi connectivity index (χ2n) is 17.8. The number of rotatable bonds is 19. The number of para-hydroxylation sites is 1. The fraction of sp³-hybridized carbons (Fsp3) is 0.175. The number of aromatic nitrogens is 8. The van der Waals surface area contributed by atoms with Crippen molar-refractivity contribution in [3.63, 3.8) is 0 Å². The average Bonchev–Trinajstić information content (AvgIpc) is 2.14. The molecule has 27 heteroatoms. The van der Waals surface area contributed by atoms with Gasteiger partial charge < -0.3 is 15.9 Å². The van der Waals surface area contributed by atoms with Crippen molar-refractivity contribution in [2.45, 2.75) is 68.4 Å². The first-order valence-electron chi connectivity index (χ1n) is 26.5. The molecule has 0 spiro atoms. The number of thioether (sulfide) groups is 4. The molecule has 0 saturated carbocycles. The second-order valence-corrected chi connectivity index (χ2v) is 23.8. The van der Waals surface area contributed by atoms with Gasteiger partial charge in [0.2, 0.25) is 11.6 Å². The number of benzene rings is 8. The topological polar surface area (TPSA) is 212 Å². The zero-order valence-corrected chi connectivity index (χ0v) is 53.6. The number of hydrogen-bond donors (Lipinski definition) is 4. The van der Waals surface area contributed by atoms with Gasteiger partial charge in [0.25, 0.3) is 23.0 Å². The molecule has 13 nitrogen and oxygen atoms in total. The number of alkyl halides is 9. The maximum Gasteiger partial charge on any atom is 0.288 e. The number of aliphatic hydroxyl groups excluding tert-OH is 2. The van der Waals surface area contributed by atoms with Gasteiger partial charge >= 0.3 is 0 Å². The largest absolute Gasteiger partial charge is 0.398 e. The third kappa shape index (κ3) is 27.2. The number of tetrazole rings is 2. The highest BCUT2D eigenvalue weighted by Crippen LogP contribution is 2.31. The lowest BCUT2D eigenvalue weighted by Gasteiger charge is -2.07. The van der Waals surface area contributed by atoms with Gasteiger partial charge in [-0.25, -0.2) is 0 Å². The van der Waals surface area contributed by atoms with Gasteiger partial charge in [-0.1, -0.05) is 194 Å². The summed E-state index contributed by atoms with van der Waals surface area (Å²) in [4.78, 5) is 3.59. The lowest BCUT2D eigenvalue weighted by atomic mass is 9.99. The number of aromatic amines is 1. The second kappa shape index (κ2) is 40.9. The van der Waals surface area contributed by atoms with Crippen LogP contribution in [-0.4, -0.2) is 92.6 Å². The van der Waals surface area contributed by atoms with E-state index in [9.17, 15) is 35.1 Å². The molecule has 0 fully saturated rings. The molecule has 468 valence electrons. The molecule has 8 aromatic carbocycles. The predicted molar refractivity (Wildman–Crippen MR) is 347 cm³/mol. The summed E-state index contributed by atoms with van der Waals surface area (Å²) in [5.41, 5.74) is 15.0. The number of halogens is 10. The summed E-state index contributed by atoms with van der Waals surface area (Å²) in [5, 5.41) is 61.1. The Hall–Kier alpha value is -7.60. The van der Waals surface area contributed by atoms with Gasteiger partial charge in [0, 0.05) is 46.2 Å². The first-order chi connectivity index (χ1) is 43.5. The Morgan fingerprint density at radius 2 is 0.867 bits per heavy atom. The van der Waals surface area contributed by atoms with Crippen molar-refractivity contribution in [3.8, 4) is 34.9 Å². The maximum atomic E-state index is 12.4. The summed E-state index contributed by atoms with van der Waals surface area (Å²) in [7, 11) is 0. The number of nitrogens with one attached hydrogen (secondary N) is 1. The minimum atomic E-state index is -2.42. The van der Waals surface area contributed by atoms with Crippen molar-refractivity contribution < 1.29 is 45.3 Å². The SMILES string of the molecule is FC(F)Sc1ccc(Br)cc1.FC(F)Sc1ccc(Cc2ccccc2-c2nn[nH]n2)cc1.N#Cc1ccccc1Cc1ccc(SC(F)F)cc1.N#Cc1ccccc1N.OCCBr.OCCn1nnc(-c2ccccc2Cc2ccc(SC(F)F)cc2)n1. The van der Waals surface area contributed by atoms with Crippen LogP contribution in [0.3, 0.4) is 0 Å². The first kappa shape index (κ1) is 73.1. The number of nitrogen functional groups attached to an aromatic ring is 1.